The minimum Gasteiger partial charge on any atom is -0.495 e. The molecular weight excluding hydrogens is 477 g/mol. The van der Waals surface area contributed by atoms with Gasteiger partial charge >= 0.3 is 5.97 Å². The Bertz CT molecular complexity index is 1140. The predicted molar refractivity (Wildman–Crippen MR) is 130 cm³/mol. The van der Waals surface area contributed by atoms with Crippen LogP contribution in [0, 0.1) is 0 Å². The van der Waals surface area contributed by atoms with Crippen LogP contribution in [0.4, 0.5) is 27.5 Å². The number of anilines is 4. The number of carbonyl (C=O) groups is 1. The van der Waals surface area contributed by atoms with Crippen molar-refractivity contribution in [1.29, 1.82) is 0 Å². The van der Waals surface area contributed by atoms with E-state index < -0.39 is 18.2 Å². The highest BCUT2D eigenvalue weighted by atomic mass is 35.5. The first-order valence-electron chi connectivity index (χ1n) is 11.0. The molecule has 3 aromatic rings. The zero-order valence-electron chi connectivity index (χ0n) is 19.1. The third-order valence-electron chi connectivity index (χ3n) is 5.68. The number of halogens is 2. The van der Waals surface area contributed by atoms with Gasteiger partial charge in [0.15, 0.2) is 5.82 Å². The average molecular weight is 502 g/mol. The van der Waals surface area contributed by atoms with Crippen LogP contribution in [-0.4, -0.2) is 65.1 Å². The summed E-state index contributed by atoms with van der Waals surface area (Å²) in [6, 6.07) is 10.9. The molecule has 9 nitrogen and oxygen atoms in total. The predicted octanol–water partition coefficient (Wildman–Crippen LogP) is 4.41. The van der Waals surface area contributed by atoms with Crippen LogP contribution in [0.25, 0.3) is 0 Å². The molecule has 1 N–H and O–H groups in total. The molecule has 2 aromatic heterocycles. The second kappa shape index (κ2) is 10.8. The molecule has 0 spiro atoms. The van der Waals surface area contributed by atoms with Gasteiger partial charge in [-0.3, -0.25) is 9.88 Å². The molecular formula is C24H25ClFN5O4. The Hall–Kier alpha value is -3.50. The van der Waals surface area contributed by atoms with Crippen molar-refractivity contribution in [2.24, 2.45) is 0 Å². The molecule has 4 rings (SSSR count). The Morgan fingerprint density at radius 3 is 2.51 bits per heavy atom. The van der Waals surface area contributed by atoms with Crippen molar-refractivity contribution < 1.29 is 23.8 Å². The van der Waals surface area contributed by atoms with Crippen molar-refractivity contribution >= 4 is 40.7 Å². The molecule has 11 heteroatoms. The molecule has 1 aliphatic heterocycles. The van der Waals surface area contributed by atoms with Crippen molar-refractivity contribution in [3.05, 3.63) is 60.0 Å². The molecule has 0 atom stereocenters. The molecule has 0 unspecified atom stereocenters. The summed E-state index contributed by atoms with van der Waals surface area (Å²) >= 11 is 6.09. The molecule has 1 saturated heterocycles. The SMILES string of the molecule is COc1ccc(N(c2ccc(Cl)cc2)c2cncc(N3CCC(F)(COCC(=O)O)CC3)n2)nc1. The maximum atomic E-state index is 15.0. The first-order chi connectivity index (χ1) is 16.9. The average Bonchev–Trinajstić information content (AvgIpc) is 2.86. The number of rotatable bonds is 9. The monoisotopic (exact) mass is 501 g/mol. The molecule has 0 radical (unpaired) electrons. The summed E-state index contributed by atoms with van der Waals surface area (Å²) < 4.78 is 25.3. The van der Waals surface area contributed by atoms with E-state index in [9.17, 15) is 4.79 Å². The highest BCUT2D eigenvalue weighted by molar-refractivity contribution is 6.30. The lowest BCUT2D eigenvalue weighted by molar-refractivity contribution is -0.144. The molecule has 35 heavy (non-hydrogen) atoms. The summed E-state index contributed by atoms with van der Waals surface area (Å²) in [6.45, 7) is 0.0365. The van der Waals surface area contributed by atoms with Gasteiger partial charge in [0.1, 0.15) is 29.7 Å². The van der Waals surface area contributed by atoms with E-state index in [4.69, 9.17) is 31.2 Å². The van der Waals surface area contributed by atoms with Crippen molar-refractivity contribution in [1.82, 2.24) is 15.0 Å². The van der Waals surface area contributed by atoms with Crippen LogP contribution in [0.15, 0.2) is 55.0 Å². The summed E-state index contributed by atoms with van der Waals surface area (Å²) in [5.74, 6) is 1.25. The summed E-state index contributed by atoms with van der Waals surface area (Å²) in [5.41, 5.74) is -0.783. The van der Waals surface area contributed by atoms with E-state index in [-0.39, 0.29) is 19.4 Å². The maximum Gasteiger partial charge on any atom is 0.329 e. The van der Waals surface area contributed by atoms with Gasteiger partial charge in [0, 0.05) is 36.6 Å². The van der Waals surface area contributed by atoms with Gasteiger partial charge in [0.2, 0.25) is 0 Å². The van der Waals surface area contributed by atoms with Crippen molar-refractivity contribution in [2.45, 2.75) is 18.5 Å². The zero-order chi connectivity index (χ0) is 24.8. The minimum atomic E-state index is -1.57. The number of benzene rings is 1. The second-order valence-corrected chi connectivity index (χ2v) is 8.56. The third kappa shape index (κ3) is 6.14. The maximum absolute atomic E-state index is 15.0. The van der Waals surface area contributed by atoms with Crippen LogP contribution in [0.3, 0.4) is 0 Å². The summed E-state index contributed by atoms with van der Waals surface area (Å²) in [6.07, 6.45) is 5.27. The van der Waals surface area contributed by atoms with E-state index in [0.717, 1.165) is 5.69 Å². The lowest BCUT2D eigenvalue weighted by Gasteiger charge is -2.36. The fraction of sp³-hybridized carbons (Fsp3) is 0.333. The van der Waals surface area contributed by atoms with Crippen LogP contribution in [0.5, 0.6) is 5.75 Å². The van der Waals surface area contributed by atoms with Gasteiger partial charge in [-0.05, 0) is 36.4 Å². The Kier molecular flexibility index (Phi) is 7.62. The molecule has 1 aliphatic rings. The fourth-order valence-electron chi connectivity index (χ4n) is 3.81. The van der Waals surface area contributed by atoms with E-state index >= 15 is 4.39 Å². The number of piperidine rings is 1. The standard InChI is InChI=1S/C24H25ClFN5O4/c1-34-19-6-7-20(28-12-19)31(18-4-2-17(25)3-5-18)22-14-27-13-21(29-22)30-10-8-24(26,9-11-30)16-35-15-23(32)33/h2-7,12-14H,8-11,15-16H2,1H3,(H,32,33). The fourth-order valence-corrected chi connectivity index (χ4v) is 3.93. The first-order valence-corrected chi connectivity index (χ1v) is 11.4. The zero-order valence-corrected chi connectivity index (χ0v) is 19.9. The normalized spacial score (nSPS) is 15.0. The third-order valence-corrected chi connectivity index (χ3v) is 5.93. The number of hydrogen-bond donors (Lipinski definition) is 1. The van der Waals surface area contributed by atoms with Crippen molar-refractivity contribution in [3.63, 3.8) is 0 Å². The summed E-state index contributed by atoms with van der Waals surface area (Å²) in [7, 11) is 1.58. The highest BCUT2D eigenvalue weighted by Crippen LogP contribution is 2.35. The Morgan fingerprint density at radius 2 is 1.89 bits per heavy atom. The summed E-state index contributed by atoms with van der Waals surface area (Å²) in [4.78, 5) is 28.1. The molecule has 184 valence electrons. The smallest absolute Gasteiger partial charge is 0.329 e. The van der Waals surface area contributed by atoms with Gasteiger partial charge in [-0.15, -0.1) is 0 Å². The van der Waals surface area contributed by atoms with Crippen molar-refractivity contribution in [3.8, 4) is 5.75 Å². The lowest BCUT2D eigenvalue weighted by Crippen LogP contribution is -2.45. The number of nitrogens with zero attached hydrogens (tertiary/aromatic N) is 5. The Morgan fingerprint density at radius 1 is 1.14 bits per heavy atom. The minimum absolute atomic E-state index is 0.194. The number of carboxylic acids is 1. The molecule has 0 bridgehead atoms. The van der Waals surface area contributed by atoms with Crippen LogP contribution < -0.4 is 14.5 Å². The molecule has 3 heterocycles. The van der Waals surface area contributed by atoms with Crippen LogP contribution in [-0.2, 0) is 9.53 Å². The quantitative estimate of drug-likeness (QED) is 0.456. The van der Waals surface area contributed by atoms with Crippen LogP contribution in [0.1, 0.15) is 12.8 Å². The van der Waals surface area contributed by atoms with E-state index in [1.807, 2.05) is 28.0 Å². The van der Waals surface area contributed by atoms with Gasteiger partial charge in [-0.25, -0.2) is 19.2 Å². The molecule has 0 saturated carbocycles. The van der Waals surface area contributed by atoms with Crippen LogP contribution in [0.2, 0.25) is 5.02 Å². The number of aromatic nitrogens is 3. The van der Waals surface area contributed by atoms with Crippen molar-refractivity contribution in [2.75, 3.05) is 43.2 Å². The molecule has 0 aliphatic carbocycles. The Labute approximate surface area is 207 Å². The van der Waals surface area contributed by atoms with Gasteiger partial charge in [-0.2, -0.15) is 0 Å². The van der Waals surface area contributed by atoms with E-state index in [1.54, 1.807) is 43.9 Å². The van der Waals surface area contributed by atoms with Gasteiger partial charge in [-0.1, -0.05) is 11.6 Å². The number of aliphatic carboxylic acids is 1. The van der Waals surface area contributed by atoms with E-state index in [2.05, 4.69) is 9.97 Å². The van der Waals surface area contributed by atoms with E-state index in [0.29, 0.717) is 41.3 Å². The highest BCUT2D eigenvalue weighted by Gasteiger charge is 2.35. The van der Waals surface area contributed by atoms with Crippen LogP contribution >= 0.6 is 11.6 Å². The Balaban J connectivity index is 1.56. The van der Waals surface area contributed by atoms with E-state index in [1.165, 1.54) is 0 Å². The number of pyridine rings is 1. The van der Waals surface area contributed by atoms with Gasteiger partial charge < -0.3 is 19.5 Å². The topological polar surface area (TPSA) is 101 Å². The second-order valence-electron chi connectivity index (χ2n) is 8.13. The van der Waals surface area contributed by atoms with Gasteiger partial charge in [0.25, 0.3) is 0 Å². The summed E-state index contributed by atoms with van der Waals surface area (Å²) in [5, 5.41) is 9.30. The molecule has 1 fully saturated rings. The lowest BCUT2D eigenvalue weighted by atomic mass is 9.94. The molecule has 0 amide bonds. The number of alkyl halides is 1. The number of ether oxygens (including phenoxy) is 2. The largest absolute Gasteiger partial charge is 0.495 e. The number of carboxylic acid groups (broad SMARTS) is 1. The van der Waals surface area contributed by atoms with Gasteiger partial charge in [0.05, 0.1) is 32.3 Å². The molecule has 1 aromatic carbocycles. The number of hydrogen-bond acceptors (Lipinski definition) is 8. The first kappa shape index (κ1) is 24.6. The number of methoxy groups -OCH3 is 1.